The predicted octanol–water partition coefficient (Wildman–Crippen LogP) is 1.56. The second-order valence-corrected chi connectivity index (χ2v) is 5.71. The second-order valence-electron chi connectivity index (χ2n) is 5.71. The lowest BCUT2D eigenvalue weighted by molar-refractivity contribution is 0.0933. The highest BCUT2D eigenvalue weighted by Crippen LogP contribution is 2.28. The van der Waals surface area contributed by atoms with Crippen LogP contribution in [-0.2, 0) is 6.42 Å². The van der Waals surface area contributed by atoms with Gasteiger partial charge < -0.3 is 19.5 Å². The number of H-pyrrole nitrogens is 1. The van der Waals surface area contributed by atoms with E-state index in [-0.39, 0.29) is 28.7 Å². The SMILES string of the molecule is Cc1oc2nc[nH]c(=O)c2c1C(=O)NC[C@H]1Cc2ccccc2O1. The molecule has 0 unspecified atom stereocenters. The number of fused-ring (bicyclic) bond motifs is 2. The summed E-state index contributed by atoms with van der Waals surface area (Å²) in [6.45, 7) is 1.98. The van der Waals surface area contributed by atoms with E-state index < -0.39 is 5.56 Å². The zero-order valence-electron chi connectivity index (χ0n) is 13.0. The predicted molar refractivity (Wildman–Crippen MR) is 86.3 cm³/mol. The van der Waals surface area contributed by atoms with Crippen molar-refractivity contribution in [2.45, 2.75) is 19.4 Å². The number of benzene rings is 1. The van der Waals surface area contributed by atoms with Gasteiger partial charge in [0.2, 0.25) is 5.71 Å². The number of carbonyl (C=O) groups is 1. The number of aromatic amines is 1. The van der Waals surface area contributed by atoms with E-state index in [9.17, 15) is 9.59 Å². The zero-order valence-corrected chi connectivity index (χ0v) is 13.0. The maximum absolute atomic E-state index is 12.5. The molecule has 24 heavy (non-hydrogen) atoms. The van der Waals surface area contributed by atoms with Crippen LogP contribution in [-0.4, -0.2) is 28.5 Å². The topological polar surface area (TPSA) is 97.2 Å². The summed E-state index contributed by atoms with van der Waals surface area (Å²) in [5.41, 5.74) is 1.11. The van der Waals surface area contributed by atoms with E-state index in [1.807, 2.05) is 24.3 Å². The van der Waals surface area contributed by atoms with E-state index in [1.165, 1.54) is 6.33 Å². The molecule has 1 amide bonds. The zero-order chi connectivity index (χ0) is 16.7. The fraction of sp³-hybridized carbons (Fsp3) is 0.235. The van der Waals surface area contributed by atoms with Gasteiger partial charge in [0.05, 0.1) is 18.4 Å². The van der Waals surface area contributed by atoms with E-state index in [0.29, 0.717) is 12.3 Å². The summed E-state index contributed by atoms with van der Waals surface area (Å²) in [5, 5.41) is 2.99. The van der Waals surface area contributed by atoms with Crippen molar-refractivity contribution in [3.05, 3.63) is 57.8 Å². The number of nitrogens with one attached hydrogen (secondary N) is 2. The van der Waals surface area contributed by atoms with Crippen LogP contribution in [0.25, 0.3) is 11.1 Å². The average molecular weight is 325 g/mol. The molecule has 2 aromatic heterocycles. The first-order chi connectivity index (χ1) is 11.6. The third kappa shape index (κ3) is 2.34. The van der Waals surface area contributed by atoms with Crippen LogP contribution in [0.1, 0.15) is 21.7 Å². The molecular formula is C17H15N3O4. The van der Waals surface area contributed by atoms with Gasteiger partial charge >= 0.3 is 0 Å². The first kappa shape index (κ1) is 14.5. The van der Waals surface area contributed by atoms with Crippen molar-refractivity contribution in [1.82, 2.24) is 15.3 Å². The molecule has 3 heterocycles. The second kappa shape index (κ2) is 5.52. The van der Waals surface area contributed by atoms with Gasteiger partial charge in [-0.05, 0) is 18.6 Å². The molecule has 2 N–H and O–H groups in total. The van der Waals surface area contributed by atoms with Crippen LogP contribution in [0, 0.1) is 6.92 Å². The summed E-state index contributed by atoms with van der Waals surface area (Å²) >= 11 is 0. The number of nitrogens with zero attached hydrogens (tertiary/aromatic N) is 1. The number of carbonyl (C=O) groups excluding carboxylic acids is 1. The minimum absolute atomic E-state index is 0.124. The molecule has 1 aromatic carbocycles. The summed E-state index contributed by atoms with van der Waals surface area (Å²) in [6, 6.07) is 7.80. The monoisotopic (exact) mass is 325 g/mol. The number of aryl methyl sites for hydroxylation is 1. The number of ether oxygens (including phenoxy) is 1. The summed E-state index contributed by atoms with van der Waals surface area (Å²) in [7, 11) is 0. The molecule has 0 aliphatic carbocycles. The van der Waals surface area contributed by atoms with Crippen LogP contribution in [0.3, 0.4) is 0 Å². The third-order valence-corrected chi connectivity index (χ3v) is 4.10. The molecule has 0 fully saturated rings. The molecule has 122 valence electrons. The summed E-state index contributed by atoms with van der Waals surface area (Å²) < 4.78 is 11.2. The fourth-order valence-electron chi connectivity index (χ4n) is 2.99. The molecule has 4 rings (SSSR count). The maximum atomic E-state index is 12.5. The Bertz CT molecular complexity index is 964. The maximum Gasteiger partial charge on any atom is 0.262 e. The molecule has 0 saturated heterocycles. The van der Waals surface area contributed by atoms with Crippen LogP contribution < -0.4 is 15.6 Å². The molecule has 3 aromatic rings. The van der Waals surface area contributed by atoms with Crippen molar-refractivity contribution >= 4 is 17.0 Å². The molecule has 7 heteroatoms. The molecule has 1 atom stereocenters. The van der Waals surface area contributed by atoms with Gasteiger partial charge in [-0.25, -0.2) is 4.98 Å². The summed E-state index contributed by atoms with van der Waals surface area (Å²) in [4.78, 5) is 30.9. The Morgan fingerprint density at radius 2 is 2.25 bits per heavy atom. The van der Waals surface area contributed by atoms with Crippen LogP contribution in [0.5, 0.6) is 5.75 Å². The molecule has 7 nitrogen and oxygen atoms in total. The summed E-state index contributed by atoms with van der Waals surface area (Å²) in [5.74, 6) is 0.842. The molecule has 0 bridgehead atoms. The number of hydrogen-bond acceptors (Lipinski definition) is 5. The Balaban J connectivity index is 1.52. The Hall–Kier alpha value is -3.09. The summed E-state index contributed by atoms with van der Waals surface area (Å²) in [6.07, 6.45) is 1.86. The van der Waals surface area contributed by atoms with Crippen molar-refractivity contribution in [3.63, 3.8) is 0 Å². The normalized spacial score (nSPS) is 16.0. The number of para-hydroxylation sites is 1. The Morgan fingerprint density at radius 3 is 3.08 bits per heavy atom. The van der Waals surface area contributed by atoms with Crippen LogP contribution in [0.4, 0.5) is 0 Å². The molecule has 1 aliphatic heterocycles. The van der Waals surface area contributed by atoms with Crippen LogP contribution in [0.15, 0.2) is 39.8 Å². The van der Waals surface area contributed by atoms with Gasteiger partial charge in [0.15, 0.2) is 0 Å². The molecule has 0 radical (unpaired) electrons. The highest BCUT2D eigenvalue weighted by atomic mass is 16.5. The Labute approximate surface area is 136 Å². The highest BCUT2D eigenvalue weighted by molar-refractivity contribution is 6.06. The van der Waals surface area contributed by atoms with E-state index in [2.05, 4.69) is 15.3 Å². The molecule has 0 spiro atoms. The van der Waals surface area contributed by atoms with Gasteiger partial charge in [-0.2, -0.15) is 0 Å². The Kier molecular flexibility index (Phi) is 3.34. The van der Waals surface area contributed by atoms with E-state index in [4.69, 9.17) is 9.15 Å². The van der Waals surface area contributed by atoms with Crippen molar-refractivity contribution in [2.75, 3.05) is 6.54 Å². The first-order valence-electron chi connectivity index (χ1n) is 7.63. The molecule has 1 aliphatic rings. The number of amides is 1. The smallest absolute Gasteiger partial charge is 0.262 e. The van der Waals surface area contributed by atoms with Crippen molar-refractivity contribution in [2.24, 2.45) is 0 Å². The number of hydrogen-bond donors (Lipinski definition) is 2. The average Bonchev–Trinajstić information content (AvgIpc) is 3.13. The van der Waals surface area contributed by atoms with Gasteiger partial charge in [-0.3, -0.25) is 9.59 Å². The quantitative estimate of drug-likeness (QED) is 0.761. The van der Waals surface area contributed by atoms with Crippen molar-refractivity contribution in [1.29, 1.82) is 0 Å². The highest BCUT2D eigenvalue weighted by Gasteiger charge is 2.25. The third-order valence-electron chi connectivity index (χ3n) is 4.10. The van der Waals surface area contributed by atoms with E-state index in [1.54, 1.807) is 6.92 Å². The Morgan fingerprint density at radius 1 is 1.42 bits per heavy atom. The lowest BCUT2D eigenvalue weighted by Crippen LogP contribution is -2.35. The molecule has 0 saturated carbocycles. The largest absolute Gasteiger partial charge is 0.488 e. The van der Waals surface area contributed by atoms with Gasteiger partial charge in [-0.1, -0.05) is 18.2 Å². The molecular weight excluding hydrogens is 310 g/mol. The van der Waals surface area contributed by atoms with E-state index >= 15 is 0 Å². The number of aromatic nitrogens is 2. The van der Waals surface area contributed by atoms with Crippen molar-refractivity contribution < 1.29 is 13.9 Å². The lowest BCUT2D eigenvalue weighted by atomic mass is 10.1. The minimum atomic E-state index is -0.397. The lowest BCUT2D eigenvalue weighted by Gasteiger charge is -2.11. The fourth-order valence-corrected chi connectivity index (χ4v) is 2.99. The van der Waals surface area contributed by atoms with Gasteiger partial charge in [0, 0.05) is 6.42 Å². The van der Waals surface area contributed by atoms with Crippen LogP contribution in [0.2, 0.25) is 0 Å². The standard InChI is InChI=1S/C17H15N3O4/c1-9-13(14-16(22)19-8-20-17(14)23-9)15(21)18-7-11-6-10-4-2-3-5-12(10)24-11/h2-5,8,11H,6-7H2,1H3,(H,18,21)(H,19,20,22)/t11-/m1/s1. The minimum Gasteiger partial charge on any atom is -0.488 e. The van der Waals surface area contributed by atoms with Crippen LogP contribution >= 0.6 is 0 Å². The number of furan rings is 1. The van der Waals surface area contributed by atoms with Crippen molar-refractivity contribution in [3.8, 4) is 5.75 Å². The van der Waals surface area contributed by atoms with Gasteiger partial charge in [-0.15, -0.1) is 0 Å². The van der Waals surface area contributed by atoms with Gasteiger partial charge in [0.25, 0.3) is 11.5 Å². The first-order valence-corrected chi connectivity index (χ1v) is 7.63. The number of rotatable bonds is 3. The van der Waals surface area contributed by atoms with E-state index in [0.717, 1.165) is 17.7 Å². The van der Waals surface area contributed by atoms with Gasteiger partial charge in [0.1, 0.15) is 23.0 Å².